The molecular formula is C13H14Br2N4O. The molecule has 0 aliphatic heterocycles. The van der Waals surface area contributed by atoms with Crippen molar-refractivity contribution in [2.24, 2.45) is 0 Å². The number of aryl methyl sites for hydroxylation is 3. The first-order valence-electron chi connectivity index (χ1n) is 6.00. The lowest BCUT2D eigenvalue weighted by Gasteiger charge is -2.12. The first-order chi connectivity index (χ1) is 9.36. The van der Waals surface area contributed by atoms with Crippen LogP contribution in [0.15, 0.2) is 21.6 Å². The first kappa shape index (κ1) is 15.2. The number of aromatic nitrogens is 3. The van der Waals surface area contributed by atoms with Crippen molar-refractivity contribution in [1.29, 1.82) is 0 Å². The zero-order valence-electron chi connectivity index (χ0n) is 11.4. The van der Waals surface area contributed by atoms with Crippen LogP contribution in [0, 0.1) is 20.8 Å². The third kappa shape index (κ3) is 3.46. The maximum absolute atomic E-state index is 12.1. The van der Waals surface area contributed by atoms with Gasteiger partial charge < -0.3 is 5.32 Å². The van der Waals surface area contributed by atoms with Gasteiger partial charge in [0.05, 0.1) is 0 Å². The summed E-state index contributed by atoms with van der Waals surface area (Å²) in [4.78, 5) is 16.1. The molecule has 0 aliphatic rings. The van der Waals surface area contributed by atoms with Gasteiger partial charge in [-0.1, -0.05) is 17.7 Å². The molecule has 1 N–H and O–H groups in total. The van der Waals surface area contributed by atoms with Gasteiger partial charge >= 0.3 is 0 Å². The monoisotopic (exact) mass is 400 g/mol. The van der Waals surface area contributed by atoms with E-state index in [-0.39, 0.29) is 12.5 Å². The van der Waals surface area contributed by atoms with Crippen LogP contribution in [-0.2, 0) is 11.3 Å². The summed E-state index contributed by atoms with van der Waals surface area (Å²) in [5.74, 6) is -0.141. The Hall–Kier alpha value is -1.21. The molecule has 0 spiro atoms. The van der Waals surface area contributed by atoms with E-state index in [9.17, 15) is 4.79 Å². The van der Waals surface area contributed by atoms with Crippen LogP contribution in [0.3, 0.4) is 0 Å². The van der Waals surface area contributed by atoms with Crippen LogP contribution in [0.1, 0.15) is 16.7 Å². The van der Waals surface area contributed by atoms with Crippen LogP contribution in [0.4, 0.5) is 5.69 Å². The van der Waals surface area contributed by atoms with E-state index in [4.69, 9.17) is 0 Å². The number of hydrogen-bond donors (Lipinski definition) is 1. The predicted molar refractivity (Wildman–Crippen MR) is 84.7 cm³/mol. The molecule has 2 aromatic rings. The third-order valence-corrected chi connectivity index (χ3v) is 3.76. The molecule has 1 aromatic heterocycles. The number of hydrogen-bond acceptors (Lipinski definition) is 3. The Labute approximate surface area is 134 Å². The molecule has 0 saturated heterocycles. The van der Waals surface area contributed by atoms with E-state index in [1.165, 1.54) is 10.2 Å². The van der Waals surface area contributed by atoms with Crippen LogP contribution in [0.5, 0.6) is 0 Å². The molecule has 2 rings (SSSR count). The topological polar surface area (TPSA) is 59.8 Å². The maximum Gasteiger partial charge on any atom is 0.246 e. The van der Waals surface area contributed by atoms with Gasteiger partial charge in [-0.3, -0.25) is 4.79 Å². The second kappa shape index (κ2) is 6.05. The van der Waals surface area contributed by atoms with Crippen molar-refractivity contribution in [2.75, 3.05) is 5.32 Å². The summed E-state index contributed by atoms with van der Waals surface area (Å²) in [6.07, 6.45) is 0. The number of amides is 1. The zero-order valence-corrected chi connectivity index (χ0v) is 14.5. The Kier molecular flexibility index (Phi) is 4.59. The number of carbonyl (C=O) groups is 1. The number of carbonyl (C=O) groups excluding carboxylic acids is 1. The minimum Gasteiger partial charge on any atom is -0.324 e. The highest BCUT2D eigenvalue weighted by Gasteiger charge is 2.12. The molecule has 1 heterocycles. The summed E-state index contributed by atoms with van der Waals surface area (Å²) in [6.45, 7) is 6.11. The molecule has 0 aliphatic carbocycles. The number of nitrogens with zero attached hydrogens (tertiary/aromatic N) is 3. The summed E-state index contributed by atoms with van der Waals surface area (Å²) in [7, 11) is 0. The number of anilines is 1. The number of rotatable bonds is 3. The molecular weight excluding hydrogens is 388 g/mol. The lowest BCUT2D eigenvalue weighted by Crippen LogP contribution is -2.20. The first-order valence-corrected chi connectivity index (χ1v) is 7.59. The minimum atomic E-state index is -0.141. The predicted octanol–water partition coefficient (Wildman–Crippen LogP) is 3.37. The Morgan fingerprint density at radius 3 is 2.35 bits per heavy atom. The highest BCUT2D eigenvalue weighted by Crippen LogP contribution is 2.22. The van der Waals surface area contributed by atoms with Gasteiger partial charge in [-0.05, 0) is 63.8 Å². The molecule has 0 saturated carbocycles. The van der Waals surface area contributed by atoms with Gasteiger partial charge in [0.25, 0.3) is 0 Å². The van der Waals surface area contributed by atoms with Gasteiger partial charge in [0.15, 0.2) is 4.73 Å². The summed E-state index contributed by atoms with van der Waals surface area (Å²) >= 11 is 6.42. The lowest BCUT2D eigenvalue weighted by molar-refractivity contribution is -0.117. The quantitative estimate of drug-likeness (QED) is 0.857. The van der Waals surface area contributed by atoms with Crippen molar-refractivity contribution in [1.82, 2.24) is 14.8 Å². The van der Waals surface area contributed by atoms with E-state index >= 15 is 0 Å². The van der Waals surface area contributed by atoms with Crippen molar-refractivity contribution >= 4 is 43.5 Å². The van der Waals surface area contributed by atoms with Gasteiger partial charge in [0.2, 0.25) is 10.6 Å². The van der Waals surface area contributed by atoms with E-state index in [0.29, 0.717) is 9.47 Å². The summed E-state index contributed by atoms with van der Waals surface area (Å²) in [5, 5.41) is 6.99. The van der Waals surface area contributed by atoms with Gasteiger partial charge in [-0.15, -0.1) is 5.10 Å². The van der Waals surface area contributed by atoms with Crippen molar-refractivity contribution in [3.05, 3.63) is 38.3 Å². The smallest absolute Gasteiger partial charge is 0.246 e. The Bertz CT molecular complexity index is 643. The van der Waals surface area contributed by atoms with Gasteiger partial charge in [0.1, 0.15) is 6.54 Å². The molecule has 0 fully saturated rings. The molecule has 106 valence electrons. The van der Waals surface area contributed by atoms with E-state index in [0.717, 1.165) is 16.8 Å². The van der Waals surface area contributed by atoms with Crippen LogP contribution in [0.2, 0.25) is 0 Å². The number of nitrogens with one attached hydrogen (secondary N) is 1. The number of benzene rings is 1. The normalized spacial score (nSPS) is 10.7. The average Bonchev–Trinajstić information content (AvgIpc) is 2.62. The summed E-state index contributed by atoms with van der Waals surface area (Å²) in [6, 6.07) is 4.09. The largest absolute Gasteiger partial charge is 0.324 e. The standard InChI is InChI=1S/C13H14Br2N4O/c1-7-4-8(2)11(9(3)5-7)16-10(20)6-19-13(15)17-12(14)18-19/h4-5H,6H2,1-3H3,(H,16,20). The lowest BCUT2D eigenvalue weighted by atomic mass is 10.1. The molecule has 1 amide bonds. The van der Waals surface area contributed by atoms with Gasteiger partial charge in [-0.2, -0.15) is 4.98 Å². The fourth-order valence-electron chi connectivity index (χ4n) is 2.09. The zero-order chi connectivity index (χ0) is 14.9. The van der Waals surface area contributed by atoms with Crippen LogP contribution in [-0.4, -0.2) is 20.7 Å². The molecule has 5 nitrogen and oxygen atoms in total. The SMILES string of the molecule is Cc1cc(C)c(NC(=O)Cn2nc(Br)nc2Br)c(C)c1. The maximum atomic E-state index is 12.1. The fraction of sp³-hybridized carbons (Fsp3) is 0.308. The molecule has 20 heavy (non-hydrogen) atoms. The summed E-state index contributed by atoms with van der Waals surface area (Å²) in [5.41, 5.74) is 4.14. The number of halogens is 2. The molecule has 0 atom stereocenters. The fourth-order valence-corrected chi connectivity index (χ4v) is 3.06. The highest BCUT2D eigenvalue weighted by atomic mass is 79.9. The van der Waals surface area contributed by atoms with E-state index < -0.39 is 0 Å². The molecule has 1 aromatic carbocycles. The van der Waals surface area contributed by atoms with Crippen LogP contribution < -0.4 is 5.32 Å². The van der Waals surface area contributed by atoms with Crippen molar-refractivity contribution in [3.63, 3.8) is 0 Å². The average molecular weight is 402 g/mol. The molecule has 7 heteroatoms. The highest BCUT2D eigenvalue weighted by molar-refractivity contribution is 9.11. The second-order valence-corrected chi connectivity index (χ2v) is 6.05. The van der Waals surface area contributed by atoms with Gasteiger partial charge in [-0.25, -0.2) is 4.68 Å². The molecule has 0 bridgehead atoms. The van der Waals surface area contributed by atoms with E-state index in [1.807, 2.05) is 32.9 Å². The van der Waals surface area contributed by atoms with E-state index in [2.05, 4.69) is 47.3 Å². The van der Waals surface area contributed by atoms with Gasteiger partial charge in [0, 0.05) is 5.69 Å². The third-order valence-electron chi connectivity index (χ3n) is 2.84. The second-order valence-electron chi connectivity index (χ2n) is 4.63. The Balaban J connectivity index is 2.15. The molecule has 0 radical (unpaired) electrons. The van der Waals surface area contributed by atoms with Crippen molar-refractivity contribution < 1.29 is 4.79 Å². The summed E-state index contributed by atoms with van der Waals surface area (Å²) < 4.78 is 2.44. The Morgan fingerprint density at radius 1 is 1.25 bits per heavy atom. The van der Waals surface area contributed by atoms with E-state index in [1.54, 1.807) is 0 Å². The van der Waals surface area contributed by atoms with Crippen molar-refractivity contribution in [2.45, 2.75) is 27.3 Å². The minimum absolute atomic E-state index is 0.103. The Morgan fingerprint density at radius 2 is 1.85 bits per heavy atom. The van der Waals surface area contributed by atoms with Crippen molar-refractivity contribution in [3.8, 4) is 0 Å². The molecule has 0 unspecified atom stereocenters. The van der Waals surface area contributed by atoms with Crippen LogP contribution in [0.25, 0.3) is 0 Å². The van der Waals surface area contributed by atoms with Crippen LogP contribution >= 0.6 is 31.9 Å².